The molecule has 0 fully saturated rings. The van der Waals surface area contributed by atoms with Crippen molar-refractivity contribution in [3.63, 3.8) is 0 Å². The monoisotopic (exact) mass is 441 g/mol. The molecule has 0 unspecified atom stereocenters. The zero-order valence-corrected chi connectivity index (χ0v) is 17.2. The molecule has 3 aromatic rings. The Balaban J connectivity index is 1.61. The van der Waals surface area contributed by atoms with Gasteiger partial charge in [0.2, 0.25) is 5.95 Å². The number of hydrogen-bond acceptors (Lipinski definition) is 5. The van der Waals surface area contributed by atoms with E-state index in [0.717, 1.165) is 48.1 Å². The van der Waals surface area contributed by atoms with Crippen molar-refractivity contribution in [1.29, 1.82) is 0 Å². The molecule has 0 saturated carbocycles. The molecule has 0 bridgehead atoms. The quantitative estimate of drug-likeness (QED) is 0.603. The van der Waals surface area contributed by atoms with Gasteiger partial charge >= 0.3 is 6.18 Å². The van der Waals surface area contributed by atoms with Crippen molar-refractivity contribution < 1.29 is 17.9 Å². The highest BCUT2D eigenvalue weighted by Gasteiger charge is 2.31. The first-order valence-corrected chi connectivity index (χ1v) is 10.4. The van der Waals surface area contributed by atoms with Gasteiger partial charge in [-0.3, -0.25) is 4.99 Å². The van der Waals surface area contributed by atoms with Crippen molar-refractivity contribution in [3.8, 4) is 0 Å². The molecule has 6 nitrogen and oxygen atoms in total. The largest absolute Gasteiger partial charge is 0.416 e. The first-order valence-electron chi connectivity index (χ1n) is 10.4. The van der Waals surface area contributed by atoms with E-state index in [9.17, 15) is 13.2 Å². The SMILES string of the molecule is Nc1cc(CN=c2nc3n(c4ccc(C5=CCOCC5)cc24)CCN3)cc(C(F)(F)F)c1. The molecule has 0 atom stereocenters. The van der Waals surface area contributed by atoms with E-state index < -0.39 is 11.7 Å². The molecule has 166 valence electrons. The van der Waals surface area contributed by atoms with Crippen LogP contribution in [0.15, 0.2) is 47.5 Å². The number of alkyl halides is 3. The van der Waals surface area contributed by atoms with Crippen LogP contribution in [0.1, 0.15) is 23.1 Å². The molecule has 0 amide bonds. The van der Waals surface area contributed by atoms with Crippen LogP contribution in [0, 0.1) is 0 Å². The summed E-state index contributed by atoms with van der Waals surface area (Å²) in [5.74, 6) is 0.706. The van der Waals surface area contributed by atoms with Gasteiger partial charge in [-0.15, -0.1) is 0 Å². The summed E-state index contributed by atoms with van der Waals surface area (Å²) in [5, 5.41) is 4.11. The first kappa shape index (κ1) is 20.6. The number of anilines is 2. The van der Waals surface area contributed by atoms with E-state index in [0.29, 0.717) is 30.2 Å². The number of rotatable bonds is 3. The smallest absolute Gasteiger partial charge is 0.399 e. The zero-order valence-electron chi connectivity index (χ0n) is 17.2. The van der Waals surface area contributed by atoms with Gasteiger partial charge in [0.25, 0.3) is 0 Å². The summed E-state index contributed by atoms with van der Waals surface area (Å²) in [7, 11) is 0. The van der Waals surface area contributed by atoms with Crippen molar-refractivity contribution in [2.45, 2.75) is 25.7 Å². The van der Waals surface area contributed by atoms with Gasteiger partial charge < -0.3 is 20.4 Å². The number of benzene rings is 2. The molecular weight excluding hydrogens is 419 g/mol. The second-order valence-electron chi connectivity index (χ2n) is 7.90. The van der Waals surface area contributed by atoms with Gasteiger partial charge in [-0.2, -0.15) is 18.2 Å². The molecule has 2 aliphatic rings. The molecular formula is C23H22F3N5O. The molecule has 0 saturated heterocycles. The summed E-state index contributed by atoms with van der Waals surface area (Å²) in [5.41, 5.74) is 9.13. The molecule has 9 heteroatoms. The maximum absolute atomic E-state index is 13.2. The lowest BCUT2D eigenvalue weighted by molar-refractivity contribution is -0.137. The van der Waals surface area contributed by atoms with Crippen LogP contribution in [0.4, 0.5) is 24.8 Å². The molecule has 0 aliphatic carbocycles. The van der Waals surface area contributed by atoms with Gasteiger partial charge in [-0.05, 0) is 53.5 Å². The highest BCUT2D eigenvalue weighted by Crippen LogP contribution is 2.31. The van der Waals surface area contributed by atoms with Crippen molar-refractivity contribution in [2.75, 3.05) is 30.8 Å². The Hall–Kier alpha value is -3.33. The summed E-state index contributed by atoms with van der Waals surface area (Å²) in [6.45, 7) is 2.86. The van der Waals surface area contributed by atoms with Gasteiger partial charge in [-0.1, -0.05) is 12.1 Å². The van der Waals surface area contributed by atoms with Gasteiger partial charge in [-0.25, -0.2) is 0 Å². The fourth-order valence-corrected chi connectivity index (χ4v) is 4.18. The number of fused-ring (bicyclic) bond motifs is 3. The van der Waals surface area contributed by atoms with Crippen LogP contribution >= 0.6 is 0 Å². The average molecular weight is 441 g/mol. The highest BCUT2D eigenvalue weighted by molar-refractivity contribution is 5.84. The number of aromatic nitrogens is 2. The normalized spacial score (nSPS) is 16.7. The van der Waals surface area contributed by atoms with Gasteiger partial charge in [0.05, 0.1) is 30.8 Å². The molecule has 2 aromatic carbocycles. The minimum Gasteiger partial charge on any atom is -0.399 e. The number of halogens is 3. The summed E-state index contributed by atoms with van der Waals surface area (Å²) in [6.07, 6.45) is -1.56. The van der Waals surface area contributed by atoms with Crippen molar-refractivity contribution >= 4 is 28.1 Å². The number of nitrogens with one attached hydrogen (secondary N) is 1. The van der Waals surface area contributed by atoms with Crippen molar-refractivity contribution in [3.05, 3.63) is 64.7 Å². The fraction of sp³-hybridized carbons (Fsp3) is 0.304. The number of hydrogen-bond donors (Lipinski definition) is 2. The van der Waals surface area contributed by atoms with E-state index in [1.807, 2.05) is 0 Å². The van der Waals surface area contributed by atoms with E-state index in [2.05, 4.69) is 44.1 Å². The van der Waals surface area contributed by atoms with Crippen LogP contribution in [0.25, 0.3) is 16.5 Å². The van der Waals surface area contributed by atoms with E-state index in [1.165, 1.54) is 11.6 Å². The van der Waals surface area contributed by atoms with Crippen LogP contribution in [-0.4, -0.2) is 29.3 Å². The molecule has 2 aliphatic heterocycles. The maximum atomic E-state index is 13.2. The molecule has 32 heavy (non-hydrogen) atoms. The Morgan fingerprint density at radius 3 is 2.84 bits per heavy atom. The molecule has 0 radical (unpaired) electrons. The van der Waals surface area contributed by atoms with Crippen LogP contribution < -0.4 is 16.5 Å². The summed E-state index contributed by atoms with van der Waals surface area (Å²) in [4.78, 5) is 9.27. The lowest BCUT2D eigenvalue weighted by atomic mass is 10.00. The summed E-state index contributed by atoms with van der Waals surface area (Å²) in [6, 6.07) is 9.73. The van der Waals surface area contributed by atoms with E-state index >= 15 is 0 Å². The van der Waals surface area contributed by atoms with E-state index in [1.54, 1.807) is 0 Å². The number of ether oxygens (including phenoxy) is 1. The van der Waals surface area contributed by atoms with Crippen LogP contribution in [0.5, 0.6) is 0 Å². The summed E-state index contributed by atoms with van der Waals surface area (Å²) < 4.78 is 47.0. The van der Waals surface area contributed by atoms with Gasteiger partial charge in [0.15, 0.2) is 5.49 Å². The predicted octanol–water partition coefficient (Wildman–Crippen LogP) is 3.97. The molecule has 3 N–H and O–H groups in total. The standard InChI is InChI=1S/C23H22F3N5O/c24-23(25,26)17-9-14(10-18(27)12-17)13-29-21-19-11-16(15-3-7-32-8-4-15)1-2-20(19)31-6-5-28-22(31)30-21/h1-3,9-12H,4-8,13,27H2,(H,28,29,30). The summed E-state index contributed by atoms with van der Waals surface area (Å²) >= 11 is 0. The van der Waals surface area contributed by atoms with Crippen LogP contribution in [-0.2, 0) is 24.0 Å². The molecule has 5 rings (SSSR count). The van der Waals surface area contributed by atoms with Gasteiger partial charge in [0.1, 0.15) is 0 Å². The van der Waals surface area contributed by atoms with Crippen LogP contribution in [0.2, 0.25) is 0 Å². The topological polar surface area (TPSA) is 77.5 Å². The second-order valence-corrected chi connectivity index (χ2v) is 7.90. The Morgan fingerprint density at radius 1 is 1.19 bits per heavy atom. The maximum Gasteiger partial charge on any atom is 0.416 e. The number of nitrogen functional groups attached to an aromatic ring is 1. The zero-order chi connectivity index (χ0) is 22.3. The number of nitrogens with two attached hydrogens (primary N) is 1. The third-order valence-electron chi connectivity index (χ3n) is 5.70. The Labute approximate surface area is 182 Å². The molecule has 3 heterocycles. The average Bonchev–Trinajstić information content (AvgIpc) is 3.25. The lowest BCUT2D eigenvalue weighted by Gasteiger charge is -2.15. The Kier molecular flexibility index (Phi) is 5.13. The minimum absolute atomic E-state index is 0.0421. The van der Waals surface area contributed by atoms with Crippen molar-refractivity contribution in [2.24, 2.45) is 4.99 Å². The third-order valence-corrected chi connectivity index (χ3v) is 5.70. The second kappa shape index (κ2) is 7.98. The highest BCUT2D eigenvalue weighted by atomic mass is 19.4. The Bertz CT molecular complexity index is 1290. The Morgan fingerprint density at radius 2 is 2.06 bits per heavy atom. The lowest BCUT2D eigenvalue weighted by Crippen LogP contribution is -2.16. The number of nitrogens with zero attached hydrogens (tertiary/aromatic N) is 3. The van der Waals surface area contributed by atoms with Crippen LogP contribution in [0.3, 0.4) is 0 Å². The molecule has 0 spiro atoms. The van der Waals surface area contributed by atoms with E-state index in [-0.39, 0.29) is 12.2 Å². The third kappa shape index (κ3) is 3.95. The van der Waals surface area contributed by atoms with Gasteiger partial charge in [0, 0.05) is 24.2 Å². The van der Waals surface area contributed by atoms with Crippen molar-refractivity contribution in [1.82, 2.24) is 9.55 Å². The van der Waals surface area contributed by atoms with E-state index in [4.69, 9.17) is 10.5 Å². The molecule has 1 aromatic heterocycles. The first-order chi connectivity index (χ1) is 15.4. The fourth-order valence-electron chi connectivity index (χ4n) is 4.18. The predicted molar refractivity (Wildman–Crippen MR) is 117 cm³/mol. The minimum atomic E-state index is -4.46.